The van der Waals surface area contributed by atoms with Crippen molar-refractivity contribution < 1.29 is 0 Å². The standard InChI is InChI=1S/C25H22NP/c1-15(2)23-14-18(11-16-5-3-4-6-20(16)23)25-24-13-17-12-19(27)7-8-21(17)22(24)9-10-26-25/h3-12,14-15H,13,27H2,1-2H3. The molecule has 3 aromatic carbocycles. The van der Waals surface area contributed by atoms with Gasteiger partial charge in [0.25, 0.3) is 0 Å². The molecule has 0 bridgehead atoms. The summed E-state index contributed by atoms with van der Waals surface area (Å²) in [6.45, 7) is 4.54. The van der Waals surface area contributed by atoms with Crippen molar-refractivity contribution in [1.82, 2.24) is 4.98 Å². The lowest BCUT2D eigenvalue weighted by Gasteiger charge is -2.15. The largest absolute Gasteiger partial charge is 0.256 e. The minimum atomic E-state index is 0.475. The Morgan fingerprint density at radius 1 is 0.926 bits per heavy atom. The number of benzene rings is 3. The lowest BCUT2D eigenvalue weighted by molar-refractivity contribution is 0.876. The van der Waals surface area contributed by atoms with Crippen molar-refractivity contribution in [2.75, 3.05) is 0 Å². The van der Waals surface area contributed by atoms with Gasteiger partial charge in [0.15, 0.2) is 0 Å². The van der Waals surface area contributed by atoms with Gasteiger partial charge in [-0.3, -0.25) is 4.98 Å². The van der Waals surface area contributed by atoms with Gasteiger partial charge in [-0.2, -0.15) is 0 Å². The van der Waals surface area contributed by atoms with Gasteiger partial charge >= 0.3 is 0 Å². The van der Waals surface area contributed by atoms with Gasteiger partial charge in [0, 0.05) is 18.2 Å². The summed E-state index contributed by atoms with van der Waals surface area (Å²) < 4.78 is 0. The Hall–Kier alpha value is -2.50. The third kappa shape index (κ3) is 2.69. The van der Waals surface area contributed by atoms with Gasteiger partial charge in [-0.05, 0) is 68.0 Å². The van der Waals surface area contributed by atoms with Crippen LogP contribution in [0.5, 0.6) is 0 Å². The molecule has 27 heavy (non-hydrogen) atoms. The number of nitrogens with zero attached hydrogens (tertiary/aromatic N) is 1. The van der Waals surface area contributed by atoms with Crippen molar-refractivity contribution in [2.45, 2.75) is 26.2 Å². The van der Waals surface area contributed by atoms with Crippen LogP contribution in [0, 0.1) is 0 Å². The molecule has 1 aliphatic rings. The monoisotopic (exact) mass is 367 g/mol. The molecule has 0 spiro atoms. The Bertz CT molecular complexity index is 1190. The number of hydrogen-bond acceptors (Lipinski definition) is 1. The molecule has 0 saturated heterocycles. The Balaban J connectivity index is 1.74. The van der Waals surface area contributed by atoms with Crippen LogP contribution in [0.2, 0.25) is 0 Å². The molecular weight excluding hydrogens is 345 g/mol. The lowest BCUT2D eigenvalue weighted by atomic mass is 9.91. The molecule has 2 heteroatoms. The average molecular weight is 367 g/mol. The van der Waals surface area contributed by atoms with Crippen molar-refractivity contribution in [3.8, 4) is 22.4 Å². The maximum Gasteiger partial charge on any atom is 0.0743 e. The predicted octanol–water partition coefficient (Wildman–Crippen LogP) is 6.10. The molecule has 1 aromatic heterocycles. The molecule has 0 amide bonds. The van der Waals surface area contributed by atoms with Crippen LogP contribution in [0.4, 0.5) is 0 Å². The fraction of sp³-hybridized carbons (Fsp3) is 0.160. The van der Waals surface area contributed by atoms with Crippen LogP contribution < -0.4 is 5.30 Å². The zero-order chi connectivity index (χ0) is 18.5. The van der Waals surface area contributed by atoms with Gasteiger partial charge in [0.2, 0.25) is 0 Å². The fourth-order valence-corrected chi connectivity index (χ4v) is 4.64. The van der Waals surface area contributed by atoms with E-state index in [0.717, 1.165) is 12.1 Å². The van der Waals surface area contributed by atoms with Crippen molar-refractivity contribution >= 4 is 25.3 Å². The summed E-state index contributed by atoms with van der Waals surface area (Å²) in [5, 5.41) is 3.88. The Labute approximate surface area is 162 Å². The topological polar surface area (TPSA) is 12.9 Å². The second-order valence-electron chi connectivity index (χ2n) is 7.72. The molecule has 1 atom stereocenters. The second-order valence-corrected chi connectivity index (χ2v) is 8.39. The summed E-state index contributed by atoms with van der Waals surface area (Å²) in [6.07, 6.45) is 2.92. The highest BCUT2D eigenvalue weighted by atomic mass is 31.0. The predicted molar refractivity (Wildman–Crippen MR) is 119 cm³/mol. The van der Waals surface area contributed by atoms with Gasteiger partial charge < -0.3 is 0 Å². The highest BCUT2D eigenvalue weighted by Crippen LogP contribution is 2.41. The first-order valence-electron chi connectivity index (χ1n) is 9.51. The number of pyridine rings is 1. The second kappa shape index (κ2) is 6.29. The summed E-state index contributed by atoms with van der Waals surface area (Å²) >= 11 is 0. The number of fused-ring (bicyclic) bond motifs is 4. The van der Waals surface area contributed by atoms with E-state index in [1.54, 1.807) is 0 Å². The summed E-state index contributed by atoms with van der Waals surface area (Å²) in [5.41, 5.74) is 9.19. The van der Waals surface area contributed by atoms with Crippen LogP contribution in [0.25, 0.3) is 33.2 Å². The smallest absolute Gasteiger partial charge is 0.0743 e. The summed E-state index contributed by atoms with van der Waals surface area (Å²) in [4.78, 5) is 4.83. The first-order chi connectivity index (χ1) is 13.1. The molecule has 0 radical (unpaired) electrons. The third-order valence-electron chi connectivity index (χ3n) is 5.63. The van der Waals surface area contributed by atoms with E-state index in [9.17, 15) is 0 Å². The Kier molecular flexibility index (Phi) is 3.88. The summed E-state index contributed by atoms with van der Waals surface area (Å²) in [5.74, 6) is 0.475. The molecule has 1 heterocycles. The van der Waals surface area contributed by atoms with E-state index in [4.69, 9.17) is 4.98 Å². The van der Waals surface area contributed by atoms with Crippen molar-refractivity contribution in [2.24, 2.45) is 0 Å². The van der Waals surface area contributed by atoms with Gasteiger partial charge in [-0.1, -0.05) is 56.3 Å². The minimum absolute atomic E-state index is 0.475. The van der Waals surface area contributed by atoms with Crippen LogP contribution in [0.1, 0.15) is 36.5 Å². The number of aromatic nitrogens is 1. The summed E-state index contributed by atoms with van der Waals surface area (Å²) in [7, 11) is 2.81. The molecule has 1 aliphatic carbocycles. The van der Waals surface area contributed by atoms with E-state index >= 15 is 0 Å². The zero-order valence-corrected chi connectivity index (χ0v) is 16.8. The maximum absolute atomic E-state index is 4.83. The minimum Gasteiger partial charge on any atom is -0.256 e. The molecule has 5 rings (SSSR count). The van der Waals surface area contributed by atoms with E-state index in [1.807, 2.05) is 6.20 Å². The van der Waals surface area contributed by atoms with E-state index < -0.39 is 0 Å². The van der Waals surface area contributed by atoms with Crippen molar-refractivity contribution in [1.29, 1.82) is 0 Å². The van der Waals surface area contributed by atoms with Crippen LogP contribution in [-0.2, 0) is 6.42 Å². The first kappa shape index (κ1) is 16.7. The Morgan fingerprint density at radius 2 is 1.78 bits per heavy atom. The molecule has 1 unspecified atom stereocenters. The van der Waals surface area contributed by atoms with E-state index in [-0.39, 0.29) is 0 Å². The summed E-state index contributed by atoms with van der Waals surface area (Å²) in [6, 6.07) is 22.2. The van der Waals surface area contributed by atoms with Crippen LogP contribution in [-0.4, -0.2) is 4.98 Å². The van der Waals surface area contributed by atoms with Crippen LogP contribution >= 0.6 is 9.24 Å². The van der Waals surface area contributed by atoms with Crippen LogP contribution in [0.3, 0.4) is 0 Å². The number of hydrogen-bond donors (Lipinski definition) is 0. The van der Waals surface area contributed by atoms with Gasteiger partial charge in [-0.15, -0.1) is 9.24 Å². The quantitative estimate of drug-likeness (QED) is 0.344. The molecule has 4 aromatic rings. The van der Waals surface area contributed by atoms with Crippen molar-refractivity contribution in [3.05, 3.63) is 83.6 Å². The first-order valence-corrected chi connectivity index (χ1v) is 10.1. The SMILES string of the molecule is CC(C)c1cc(-c2nccc3c2Cc2cc(P)ccc2-3)cc2ccccc12. The normalized spacial score (nSPS) is 12.4. The molecule has 1 nitrogen and oxygen atoms in total. The van der Waals surface area contributed by atoms with E-state index in [1.165, 1.54) is 49.5 Å². The molecule has 0 aliphatic heterocycles. The molecule has 0 N–H and O–H groups in total. The van der Waals surface area contributed by atoms with E-state index in [0.29, 0.717) is 5.92 Å². The van der Waals surface area contributed by atoms with Gasteiger partial charge in [0.1, 0.15) is 0 Å². The fourth-order valence-electron chi connectivity index (χ4n) is 4.34. The molecule has 0 fully saturated rings. The third-order valence-corrected chi connectivity index (χ3v) is 5.99. The highest BCUT2D eigenvalue weighted by molar-refractivity contribution is 7.27. The maximum atomic E-state index is 4.83. The average Bonchev–Trinajstić information content (AvgIpc) is 3.04. The van der Waals surface area contributed by atoms with Crippen LogP contribution in [0.15, 0.2) is 66.9 Å². The van der Waals surface area contributed by atoms with Gasteiger partial charge in [-0.25, -0.2) is 0 Å². The molecule has 0 saturated carbocycles. The zero-order valence-electron chi connectivity index (χ0n) is 15.7. The Morgan fingerprint density at radius 3 is 2.63 bits per heavy atom. The number of rotatable bonds is 2. The van der Waals surface area contributed by atoms with Gasteiger partial charge in [0.05, 0.1) is 5.69 Å². The lowest BCUT2D eigenvalue weighted by Crippen LogP contribution is -1.96. The highest BCUT2D eigenvalue weighted by Gasteiger charge is 2.23. The molecule has 132 valence electrons. The van der Waals surface area contributed by atoms with Crippen molar-refractivity contribution in [3.63, 3.8) is 0 Å². The molecular formula is C25H22NP. The van der Waals surface area contributed by atoms with E-state index in [2.05, 4.69) is 83.8 Å².